The lowest BCUT2D eigenvalue weighted by molar-refractivity contribution is 0.0287. The van der Waals surface area contributed by atoms with Gasteiger partial charge in [-0.25, -0.2) is 0 Å². The molecule has 0 aromatic rings. The molecule has 0 radical (unpaired) electrons. The Morgan fingerprint density at radius 1 is 1.40 bits per heavy atom. The molecule has 0 aromatic carbocycles. The molecule has 0 bridgehead atoms. The molecule has 1 saturated heterocycles. The molecule has 0 amide bonds. The van der Waals surface area contributed by atoms with Crippen LogP contribution in [0.2, 0.25) is 0 Å². The van der Waals surface area contributed by atoms with E-state index in [2.05, 4.69) is 24.8 Å². The van der Waals surface area contributed by atoms with Crippen molar-refractivity contribution in [3.05, 3.63) is 11.6 Å². The number of allylic oxidation sites excluding steroid dienone is 1. The zero-order valence-electron chi connectivity index (χ0n) is 10.0. The quantitative estimate of drug-likeness (QED) is 0.647. The third-order valence-corrected chi connectivity index (χ3v) is 3.92. The highest BCUT2D eigenvalue weighted by molar-refractivity contribution is 5.09. The summed E-state index contributed by atoms with van der Waals surface area (Å²) in [6.45, 7) is 10.0. The van der Waals surface area contributed by atoms with Gasteiger partial charge in [-0.05, 0) is 31.6 Å². The van der Waals surface area contributed by atoms with Crippen LogP contribution in [-0.2, 0) is 4.74 Å². The second-order valence-electron chi connectivity index (χ2n) is 5.02. The highest BCUT2D eigenvalue weighted by Crippen LogP contribution is 2.30. The van der Waals surface area contributed by atoms with Crippen LogP contribution in [0, 0.1) is 11.8 Å². The Morgan fingerprint density at radius 3 is 2.80 bits per heavy atom. The van der Waals surface area contributed by atoms with Crippen molar-refractivity contribution in [1.82, 2.24) is 4.90 Å². The van der Waals surface area contributed by atoms with Crippen LogP contribution in [0.5, 0.6) is 0 Å². The van der Waals surface area contributed by atoms with Crippen molar-refractivity contribution in [2.24, 2.45) is 11.8 Å². The van der Waals surface area contributed by atoms with Crippen molar-refractivity contribution in [2.45, 2.75) is 26.7 Å². The molecule has 0 saturated carbocycles. The molecule has 2 heteroatoms. The SMILES string of the molecule is CC1=CCC[C@@H](C)[C@H]1CN1CCOCC1. The Morgan fingerprint density at radius 2 is 2.13 bits per heavy atom. The van der Waals surface area contributed by atoms with Crippen LogP contribution >= 0.6 is 0 Å². The minimum absolute atomic E-state index is 0.789. The van der Waals surface area contributed by atoms with Gasteiger partial charge >= 0.3 is 0 Å². The first kappa shape index (κ1) is 11.2. The molecule has 0 spiro atoms. The third kappa shape index (κ3) is 2.82. The highest BCUT2D eigenvalue weighted by atomic mass is 16.5. The zero-order chi connectivity index (χ0) is 10.7. The summed E-state index contributed by atoms with van der Waals surface area (Å²) in [5.74, 6) is 1.65. The summed E-state index contributed by atoms with van der Waals surface area (Å²) in [5, 5.41) is 0. The maximum Gasteiger partial charge on any atom is 0.0594 e. The second-order valence-corrected chi connectivity index (χ2v) is 5.02. The maximum atomic E-state index is 5.39. The monoisotopic (exact) mass is 209 g/mol. The van der Waals surface area contributed by atoms with Gasteiger partial charge in [-0.2, -0.15) is 0 Å². The first-order chi connectivity index (χ1) is 7.27. The summed E-state index contributed by atoms with van der Waals surface area (Å²) < 4.78 is 5.39. The average Bonchev–Trinajstić information content (AvgIpc) is 2.25. The molecule has 0 aromatic heterocycles. The van der Waals surface area contributed by atoms with E-state index in [1.165, 1.54) is 19.4 Å². The first-order valence-corrected chi connectivity index (χ1v) is 6.24. The van der Waals surface area contributed by atoms with Crippen molar-refractivity contribution in [3.63, 3.8) is 0 Å². The highest BCUT2D eigenvalue weighted by Gasteiger charge is 2.24. The lowest BCUT2D eigenvalue weighted by Gasteiger charge is -2.35. The lowest BCUT2D eigenvalue weighted by Crippen LogP contribution is -2.41. The van der Waals surface area contributed by atoms with Gasteiger partial charge in [-0.1, -0.05) is 18.6 Å². The van der Waals surface area contributed by atoms with Crippen LogP contribution in [0.25, 0.3) is 0 Å². The van der Waals surface area contributed by atoms with Gasteiger partial charge in [0.05, 0.1) is 13.2 Å². The van der Waals surface area contributed by atoms with Crippen molar-refractivity contribution in [1.29, 1.82) is 0 Å². The standard InChI is InChI=1S/C13H23NO/c1-11-4-3-5-12(2)13(11)10-14-6-8-15-9-7-14/h4,12-13H,3,5-10H2,1-2H3/t12-,13+/m1/s1. The predicted molar refractivity (Wildman–Crippen MR) is 62.9 cm³/mol. The van der Waals surface area contributed by atoms with E-state index in [9.17, 15) is 0 Å². The number of nitrogens with zero attached hydrogens (tertiary/aromatic N) is 1. The summed E-state index contributed by atoms with van der Waals surface area (Å²) in [7, 11) is 0. The minimum atomic E-state index is 0.789. The van der Waals surface area contributed by atoms with Gasteiger partial charge in [0.1, 0.15) is 0 Å². The van der Waals surface area contributed by atoms with Crippen molar-refractivity contribution >= 4 is 0 Å². The van der Waals surface area contributed by atoms with E-state index in [0.29, 0.717) is 0 Å². The van der Waals surface area contributed by atoms with Gasteiger partial charge in [0.25, 0.3) is 0 Å². The summed E-state index contributed by atoms with van der Waals surface area (Å²) in [6.07, 6.45) is 5.09. The second kappa shape index (κ2) is 5.13. The Labute approximate surface area is 93.3 Å². The van der Waals surface area contributed by atoms with Gasteiger partial charge in [-0.15, -0.1) is 0 Å². The van der Waals surface area contributed by atoms with Gasteiger partial charge in [0.2, 0.25) is 0 Å². The van der Waals surface area contributed by atoms with Crippen LogP contribution in [-0.4, -0.2) is 37.7 Å². The number of hydrogen-bond donors (Lipinski definition) is 0. The molecule has 86 valence electrons. The minimum Gasteiger partial charge on any atom is -0.379 e. The number of morpholine rings is 1. The van der Waals surface area contributed by atoms with Gasteiger partial charge in [0.15, 0.2) is 0 Å². The van der Waals surface area contributed by atoms with Crippen LogP contribution in [0.4, 0.5) is 0 Å². The fourth-order valence-corrected chi connectivity index (χ4v) is 2.76. The largest absolute Gasteiger partial charge is 0.379 e. The molecule has 1 aliphatic heterocycles. The normalized spacial score (nSPS) is 33.9. The summed E-state index contributed by atoms with van der Waals surface area (Å²) in [6, 6.07) is 0. The van der Waals surface area contributed by atoms with Crippen LogP contribution in [0.15, 0.2) is 11.6 Å². The van der Waals surface area contributed by atoms with Crippen LogP contribution in [0.3, 0.4) is 0 Å². The average molecular weight is 209 g/mol. The molecule has 0 N–H and O–H groups in total. The molecule has 1 heterocycles. The number of ether oxygens (including phenoxy) is 1. The molecule has 15 heavy (non-hydrogen) atoms. The zero-order valence-corrected chi connectivity index (χ0v) is 10.0. The maximum absolute atomic E-state index is 5.39. The Hall–Kier alpha value is -0.340. The van der Waals surface area contributed by atoms with Crippen molar-refractivity contribution in [3.8, 4) is 0 Å². The van der Waals surface area contributed by atoms with E-state index in [-0.39, 0.29) is 0 Å². The van der Waals surface area contributed by atoms with E-state index in [0.717, 1.165) is 38.1 Å². The van der Waals surface area contributed by atoms with Crippen molar-refractivity contribution < 1.29 is 4.74 Å². The van der Waals surface area contributed by atoms with Gasteiger partial charge < -0.3 is 4.74 Å². The molecule has 2 atom stereocenters. The van der Waals surface area contributed by atoms with Crippen LogP contribution < -0.4 is 0 Å². The molecule has 1 fully saturated rings. The van der Waals surface area contributed by atoms with Gasteiger partial charge in [-0.3, -0.25) is 4.90 Å². The number of rotatable bonds is 2. The molecule has 2 aliphatic rings. The van der Waals surface area contributed by atoms with E-state index >= 15 is 0 Å². The summed E-state index contributed by atoms with van der Waals surface area (Å²) >= 11 is 0. The molecular formula is C13H23NO. The Balaban J connectivity index is 1.91. The first-order valence-electron chi connectivity index (χ1n) is 6.24. The molecule has 2 nitrogen and oxygen atoms in total. The van der Waals surface area contributed by atoms with E-state index in [4.69, 9.17) is 4.74 Å². The van der Waals surface area contributed by atoms with Crippen LogP contribution in [0.1, 0.15) is 26.7 Å². The van der Waals surface area contributed by atoms with Crippen molar-refractivity contribution in [2.75, 3.05) is 32.8 Å². The number of hydrogen-bond acceptors (Lipinski definition) is 2. The third-order valence-electron chi connectivity index (χ3n) is 3.92. The Bertz CT molecular complexity index is 231. The fraction of sp³-hybridized carbons (Fsp3) is 0.846. The van der Waals surface area contributed by atoms with E-state index < -0.39 is 0 Å². The van der Waals surface area contributed by atoms with E-state index in [1.807, 2.05) is 0 Å². The summed E-state index contributed by atoms with van der Waals surface area (Å²) in [5.41, 5.74) is 1.61. The smallest absolute Gasteiger partial charge is 0.0594 e. The predicted octanol–water partition coefficient (Wildman–Crippen LogP) is 2.31. The molecule has 0 unspecified atom stereocenters. The molecular weight excluding hydrogens is 186 g/mol. The van der Waals surface area contributed by atoms with E-state index in [1.54, 1.807) is 5.57 Å². The van der Waals surface area contributed by atoms with Gasteiger partial charge in [0, 0.05) is 19.6 Å². The Kier molecular flexibility index (Phi) is 3.81. The summed E-state index contributed by atoms with van der Waals surface area (Å²) in [4.78, 5) is 2.56. The fourth-order valence-electron chi connectivity index (χ4n) is 2.76. The molecule has 1 aliphatic carbocycles. The topological polar surface area (TPSA) is 12.5 Å². The molecule has 2 rings (SSSR count). The lowest BCUT2D eigenvalue weighted by atomic mass is 9.80.